The molecule has 0 fully saturated rings. The lowest BCUT2D eigenvalue weighted by Crippen LogP contribution is -2.13. The Hall–Kier alpha value is -0.900. The molecule has 3 heteroatoms. The van der Waals surface area contributed by atoms with Crippen LogP contribution >= 0.6 is 0 Å². The van der Waals surface area contributed by atoms with E-state index in [0.717, 1.165) is 25.9 Å². The smallest absolute Gasteiger partial charge is 0.0773 e. The Bertz CT molecular complexity index is 274. The van der Waals surface area contributed by atoms with Gasteiger partial charge in [-0.05, 0) is 24.8 Å². The van der Waals surface area contributed by atoms with E-state index in [2.05, 4.69) is 12.1 Å². The number of methoxy groups -OCH3 is 1. The van der Waals surface area contributed by atoms with Crippen LogP contribution in [-0.2, 0) is 16.1 Å². The number of benzene rings is 1. The summed E-state index contributed by atoms with van der Waals surface area (Å²) in [5.41, 5.74) is 1.20. The summed E-state index contributed by atoms with van der Waals surface area (Å²) in [6, 6.07) is 10.1. The summed E-state index contributed by atoms with van der Waals surface area (Å²) >= 11 is 0. The Balaban J connectivity index is 1.95. The highest BCUT2D eigenvalue weighted by molar-refractivity contribution is 5.13. The van der Waals surface area contributed by atoms with E-state index in [1.807, 2.05) is 18.2 Å². The van der Waals surface area contributed by atoms with Crippen LogP contribution in [0.15, 0.2) is 30.3 Å². The molecule has 1 N–H and O–H groups in total. The lowest BCUT2D eigenvalue weighted by molar-refractivity contribution is 0.0542. The van der Waals surface area contributed by atoms with Crippen LogP contribution in [0.5, 0.6) is 0 Å². The first kappa shape index (κ1) is 14.2. The molecule has 0 amide bonds. The van der Waals surface area contributed by atoms with Crippen LogP contribution in [0, 0.1) is 0 Å². The SMILES string of the molecule is COCC(O)CCCCOCc1ccccc1. The van der Waals surface area contributed by atoms with Gasteiger partial charge in [-0.3, -0.25) is 0 Å². The highest BCUT2D eigenvalue weighted by Crippen LogP contribution is 2.04. The molecule has 0 spiro atoms. The highest BCUT2D eigenvalue weighted by Gasteiger charge is 2.02. The average molecular weight is 238 g/mol. The third-order valence-corrected chi connectivity index (χ3v) is 2.55. The van der Waals surface area contributed by atoms with Crippen molar-refractivity contribution in [2.24, 2.45) is 0 Å². The molecule has 0 aromatic heterocycles. The van der Waals surface area contributed by atoms with Gasteiger partial charge in [-0.25, -0.2) is 0 Å². The molecule has 96 valence electrons. The van der Waals surface area contributed by atoms with Gasteiger partial charge < -0.3 is 14.6 Å². The maximum absolute atomic E-state index is 9.42. The number of aliphatic hydroxyl groups excluding tert-OH is 1. The average Bonchev–Trinajstić information content (AvgIpc) is 2.35. The van der Waals surface area contributed by atoms with E-state index in [4.69, 9.17) is 9.47 Å². The fourth-order valence-electron chi connectivity index (χ4n) is 1.62. The first-order chi connectivity index (χ1) is 8.33. The predicted octanol–water partition coefficient (Wildman–Crippen LogP) is 2.38. The van der Waals surface area contributed by atoms with Crippen molar-refractivity contribution in [3.8, 4) is 0 Å². The van der Waals surface area contributed by atoms with E-state index in [9.17, 15) is 5.11 Å². The molecule has 3 nitrogen and oxygen atoms in total. The van der Waals surface area contributed by atoms with Gasteiger partial charge in [-0.1, -0.05) is 30.3 Å². The van der Waals surface area contributed by atoms with Crippen molar-refractivity contribution in [2.45, 2.75) is 32.0 Å². The topological polar surface area (TPSA) is 38.7 Å². The fourth-order valence-corrected chi connectivity index (χ4v) is 1.62. The van der Waals surface area contributed by atoms with Gasteiger partial charge in [0.15, 0.2) is 0 Å². The zero-order valence-electron chi connectivity index (χ0n) is 10.5. The highest BCUT2D eigenvalue weighted by atomic mass is 16.5. The Kier molecular flexibility index (Phi) is 7.63. The van der Waals surface area contributed by atoms with Gasteiger partial charge in [0.05, 0.1) is 19.3 Å². The van der Waals surface area contributed by atoms with Crippen molar-refractivity contribution >= 4 is 0 Å². The third kappa shape index (κ3) is 7.10. The van der Waals surface area contributed by atoms with Crippen molar-refractivity contribution in [1.82, 2.24) is 0 Å². The normalized spacial score (nSPS) is 12.6. The fraction of sp³-hybridized carbons (Fsp3) is 0.571. The van der Waals surface area contributed by atoms with Gasteiger partial charge in [0.2, 0.25) is 0 Å². The van der Waals surface area contributed by atoms with Crippen LogP contribution in [-0.4, -0.2) is 31.5 Å². The number of ether oxygens (including phenoxy) is 2. The summed E-state index contributed by atoms with van der Waals surface area (Å²) in [5.74, 6) is 0. The zero-order valence-corrected chi connectivity index (χ0v) is 10.5. The molecule has 1 atom stereocenters. The maximum Gasteiger partial charge on any atom is 0.0773 e. The maximum atomic E-state index is 9.42. The monoisotopic (exact) mass is 238 g/mol. The minimum absolute atomic E-state index is 0.339. The second-order valence-electron chi connectivity index (χ2n) is 4.14. The Morgan fingerprint density at radius 2 is 1.94 bits per heavy atom. The van der Waals surface area contributed by atoms with Gasteiger partial charge >= 0.3 is 0 Å². The van der Waals surface area contributed by atoms with Gasteiger partial charge in [0.1, 0.15) is 0 Å². The molecule has 0 saturated carbocycles. The van der Waals surface area contributed by atoms with E-state index in [0.29, 0.717) is 13.2 Å². The molecule has 17 heavy (non-hydrogen) atoms. The number of rotatable bonds is 9. The summed E-state index contributed by atoms with van der Waals surface area (Å²) in [6.07, 6.45) is 2.39. The molecular formula is C14H22O3. The molecule has 0 heterocycles. The molecule has 1 aromatic carbocycles. The van der Waals surface area contributed by atoms with Crippen LogP contribution in [0.25, 0.3) is 0 Å². The second-order valence-corrected chi connectivity index (χ2v) is 4.14. The second kappa shape index (κ2) is 9.16. The van der Waals surface area contributed by atoms with Crippen LogP contribution in [0.4, 0.5) is 0 Å². The Labute approximate surface area is 103 Å². The van der Waals surface area contributed by atoms with Crippen LogP contribution in [0.3, 0.4) is 0 Å². The molecule has 0 bridgehead atoms. The van der Waals surface area contributed by atoms with Crippen molar-refractivity contribution in [1.29, 1.82) is 0 Å². The summed E-state index contributed by atoms with van der Waals surface area (Å²) < 4.78 is 10.4. The molecule has 0 aliphatic heterocycles. The standard InChI is InChI=1S/C14H22O3/c1-16-12-14(15)9-5-6-10-17-11-13-7-3-2-4-8-13/h2-4,7-8,14-15H,5-6,9-12H2,1H3. The number of hydrogen-bond acceptors (Lipinski definition) is 3. The Morgan fingerprint density at radius 3 is 2.65 bits per heavy atom. The summed E-state index contributed by atoms with van der Waals surface area (Å²) in [4.78, 5) is 0. The summed E-state index contributed by atoms with van der Waals surface area (Å²) in [5, 5.41) is 9.42. The van der Waals surface area contributed by atoms with Gasteiger partial charge in [-0.15, -0.1) is 0 Å². The molecule has 1 rings (SSSR count). The number of aliphatic hydroxyl groups is 1. The Morgan fingerprint density at radius 1 is 1.18 bits per heavy atom. The van der Waals surface area contributed by atoms with Crippen molar-refractivity contribution in [3.05, 3.63) is 35.9 Å². The zero-order chi connectivity index (χ0) is 12.3. The van der Waals surface area contributed by atoms with Crippen molar-refractivity contribution in [2.75, 3.05) is 20.3 Å². The predicted molar refractivity (Wildman–Crippen MR) is 67.8 cm³/mol. The first-order valence-electron chi connectivity index (χ1n) is 6.11. The number of unbranched alkanes of at least 4 members (excludes halogenated alkanes) is 1. The van der Waals surface area contributed by atoms with Gasteiger partial charge in [0.25, 0.3) is 0 Å². The molecule has 0 saturated heterocycles. The quantitative estimate of drug-likeness (QED) is 0.671. The molecule has 0 aliphatic rings. The minimum atomic E-state index is -0.339. The minimum Gasteiger partial charge on any atom is -0.391 e. The van der Waals surface area contributed by atoms with E-state index in [-0.39, 0.29) is 6.10 Å². The third-order valence-electron chi connectivity index (χ3n) is 2.55. The van der Waals surface area contributed by atoms with E-state index in [1.54, 1.807) is 7.11 Å². The van der Waals surface area contributed by atoms with E-state index in [1.165, 1.54) is 5.56 Å². The summed E-state index contributed by atoms with van der Waals surface area (Å²) in [7, 11) is 1.60. The van der Waals surface area contributed by atoms with Gasteiger partial charge in [0, 0.05) is 13.7 Å². The van der Waals surface area contributed by atoms with Crippen molar-refractivity contribution < 1.29 is 14.6 Å². The van der Waals surface area contributed by atoms with E-state index < -0.39 is 0 Å². The lowest BCUT2D eigenvalue weighted by atomic mass is 10.2. The molecular weight excluding hydrogens is 216 g/mol. The van der Waals surface area contributed by atoms with Crippen LogP contribution in [0.1, 0.15) is 24.8 Å². The molecule has 0 radical (unpaired) electrons. The van der Waals surface area contributed by atoms with E-state index >= 15 is 0 Å². The first-order valence-corrected chi connectivity index (χ1v) is 6.11. The van der Waals surface area contributed by atoms with Crippen LogP contribution in [0.2, 0.25) is 0 Å². The largest absolute Gasteiger partial charge is 0.391 e. The number of hydrogen-bond donors (Lipinski definition) is 1. The van der Waals surface area contributed by atoms with Crippen molar-refractivity contribution in [3.63, 3.8) is 0 Å². The van der Waals surface area contributed by atoms with Crippen LogP contribution < -0.4 is 0 Å². The lowest BCUT2D eigenvalue weighted by Gasteiger charge is -2.09. The summed E-state index contributed by atoms with van der Waals surface area (Å²) in [6.45, 7) is 1.83. The van der Waals surface area contributed by atoms with Gasteiger partial charge in [-0.2, -0.15) is 0 Å². The molecule has 0 aliphatic carbocycles. The molecule has 1 aromatic rings. The molecule has 1 unspecified atom stereocenters.